The standard InChI is InChI=1S/C15H22N4O2/c1-11-10-17-7-9-19(11)8-6-14(20)18-13-4-2-12(3-5-13)15(16)21/h2-5,11,17H,6-10H2,1H3,(H2,16,21)(H,18,20)/t11-/m1/s1. The predicted molar refractivity (Wildman–Crippen MR) is 82.1 cm³/mol. The average Bonchev–Trinajstić information content (AvgIpc) is 2.47. The van der Waals surface area contributed by atoms with Crippen molar-refractivity contribution in [2.24, 2.45) is 5.73 Å². The summed E-state index contributed by atoms with van der Waals surface area (Å²) in [5, 5.41) is 6.16. The lowest BCUT2D eigenvalue weighted by Gasteiger charge is -2.33. The van der Waals surface area contributed by atoms with Crippen LogP contribution in [-0.4, -0.2) is 48.9 Å². The van der Waals surface area contributed by atoms with Crippen molar-refractivity contribution in [1.82, 2.24) is 10.2 Å². The van der Waals surface area contributed by atoms with Crippen LogP contribution in [0.25, 0.3) is 0 Å². The van der Waals surface area contributed by atoms with E-state index in [-0.39, 0.29) is 5.91 Å². The lowest BCUT2D eigenvalue weighted by atomic mass is 10.2. The molecule has 0 saturated carbocycles. The molecule has 0 radical (unpaired) electrons. The van der Waals surface area contributed by atoms with Gasteiger partial charge < -0.3 is 16.4 Å². The zero-order chi connectivity index (χ0) is 15.2. The van der Waals surface area contributed by atoms with Gasteiger partial charge in [0.05, 0.1) is 0 Å². The number of piperazine rings is 1. The van der Waals surface area contributed by atoms with Crippen LogP contribution in [0, 0.1) is 0 Å². The lowest BCUT2D eigenvalue weighted by molar-refractivity contribution is -0.116. The third-order valence-electron chi connectivity index (χ3n) is 3.72. The van der Waals surface area contributed by atoms with E-state index in [1.54, 1.807) is 24.3 Å². The minimum Gasteiger partial charge on any atom is -0.366 e. The van der Waals surface area contributed by atoms with Crippen LogP contribution >= 0.6 is 0 Å². The highest BCUT2D eigenvalue weighted by atomic mass is 16.2. The minimum absolute atomic E-state index is 0.0208. The van der Waals surface area contributed by atoms with Gasteiger partial charge >= 0.3 is 0 Å². The van der Waals surface area contributed by atoms with E-state index in [1.807, 2.05) is 0 Å². The Labute approximate surface area is 124 Å². The van der Waals surface area contributed by atoms with Crippen LogP contribution in [0.3, 0.4) is 0 Å². The highest BCUT2D eigenvalue weighted by Crippen LogP contribution is 2.10. The number of amides is 2. The van der Waals surface area contributed by atoms with E-state index in [4.69, 9.17) is 5.73 Å². The summed E-state index contributed by atoms with van der Waals surface area (Å²) in [6, 6.07) is 7.05. The van der Waals surface area contributed by atoms with Crippen molar-refractivity contribution in [2.75, 3.05) is 31.5 Å². The van der Waals surface area contributed by atoms with Gasteiger partial charge in [-0.3, -0.25) is 14.5 Å². The molecule has 21 heavy (non-hydrogen) atoms. The number of nitrogens with two attached hydrogens (primary N) is 1. The summed E-state index contributed by atoms with van der Waals surface area (Å²) in [6.45, 7) is 5.83. The number of carbonyl (C=O) groups excluding carboxylic acids is 2. The van der Waals surface area contributed by atoms with Gasteiger partial charge in [0.15, 0.2) is 0 Å². The number of hydrogen-bond acceptors (Lipinski definition) is 4. The minimum atomic E-state index is -0.472. The van der Waals surface area contributed by atoms with Gasteiger partial charge in [0, 0.05) is 49.9 Å². The zero-order valence-electron chi connectivity index (χ0n) is 12.3. The van der Waals surface area contributed by atoms with E-state index in [0.29, 0.717) is 23.7 Å². The summed E-state index contributed by atoms with van der Waals surface area (Å²) in [7, 11) is 0. The smallest absolute Gasteiger partial charge is 0.248 e. The van der Waals surface area contributed by atoms with Crippen LogP contribution < -0.4 is 16.4 Å². The molecule has 1 atom stereocenters. The molecule has 114 valence electrons. The van der Waals surface area contributed by atoms with Gasteiger partial charge in [0.2, 0.25) is 11.8 Å². The first-order valence-corrected chi connectivity index (χ1v) is 7.21. The molecule has 4 N–H and O–H groups in total. The Kier molecular flexibility index (Phi) is 5.30. The van der Waals surface area contributed by atoms with Crippen molar-refractivity contribution in [1.29, 1.82) is 0 Å². The fourth-order valence-corrected chi connectivity index (χ4v) is 2.40. The van der Waals surface area contributed by atoms with Gasteiger partial charge in [0.25, 0.3) is 0 Å². The molecule has 1 aromatic carbocycles. The van der Waals surface area contributed by atoms with Crippen molar-refractivity contribution in [2.45, 2.75) is 19.4 Å². The maximum absolute atomic E-state index is 11.9. The van der Waals surface area contributed by atoms with Gasteiger partial charge in [-0.25, -0.2) is 0 Å². The molecular formula is C15H22N4O2. The molecule has 1 fully saturated rings. The number of nitrogens with zero attached hydrogens (tertiary/aromatic N) is 1. The number of hydrogen-bond donors (Lipinski definition) is 3. The number of rotatable bonds is 5. The lowest BCUT2D eigenvalue weighted by Crippen LogP contribution is -2.50. The van der Waals surface area contributed by atoms with Crippen molar-refractivity contribution in [3.05, 3.63) is 29.8 Å². The summed E-state index contributed by atoms with van der Waals surface area (Å²) in [6.07, 6.45) is 0.460. The molecule has 2 amide bonds. The number of anilines is 1. The monoisotopic (exact) mass is 290 g/mol. The van der Waals surface area contributed by atoms with Gasteiger partial charge in [-0.1, -0.05) is 0 Å². The molecule has 6 nitrogen and oxygen atoms in total. The summed E-state index contributed by atoms with van der Waals surface area (Å²) in [4.78, 5) is 25.2. The molecule has 1 aliphatic rings. The molecule has 1 saturated heterocycles. The summed E-state index contributed by atoms with van der Waals surface area (Å²) in [5.41, 5.74) is 6.28. The number of nitrogens with one attached hydrogen (secondary N) is 2. The number of carbonyl (C=O) groups is 2. The number of primary amides is 1. The SMILES string of the molecule is C[C@@H]1CNCCN1CCC(=O)Nc1ccc(C(N)=O)cc1. The predicted octanol–water partition coefficient (Wildman–Crippen LogP) is 0.408. The molecule has 0 spiro atoms. The first-order valence-electron chi connectivity index (χ1n) is 7.21. The van der Waals surface area contributed by atoms with E-state index < -0.39 is 5.91 Å². The fraction of sp³-hybridized carbons (Fsp3) is 0.467. The maximum atomic E-state index is 11.9. The van der Waals surface area contributed by atoms with Crippen LogP contribution in [0.15, 0.2) is 24.3 Å². The first-order chi connectivity index (χ1) is 10.1. The molecular weight excluding hydrogens is 268 g/mol. The molecule has 0 bridgehead atoms. The second-order valence-electron chi connectivity index (χ2n) is 5.33. The Balaban J connectivity index is 1.80. The van der Waals surface area contributed by atoms with Crippen molar-refractivity contribution < 1.29 is 9.59 Å². The third-order valence-corrected chi connectivity index (χ3v) is 3.72. The van der Waals surface area contributed by atoms with Crippen molar-refractivity contribution in [3.63, 3.8) is 0 Å². The highest BCUT2D eigenvalue weighted by Gasteiger charge is 2.18. The molecule has 1 heterocycles. The molecule has 0 aliphatic carbocycles. The molecule has 1 aliphatic heterocycles. The summed E-state index contributed by atoms with van der Waals surface area (Å²) in [5.74, 6) is -0.492. The van der Waals surface area contributed by atoms with Gasteiger partial charge in [-0.05, 0) is 31.2 Å². The third kappa shape index (κ3) is 4.54. The van der Waals surface area contributed by atoms with E-state index >= 15 is 0 Å². The van der Waals surface area contributed by atoms with Gasteiger partial charge in [-0.15, -0.1) is 0 Å². The van der Waals surface area contributed by atoms with E-state index in [0.717, 1.165) is 26.2 Å². The van der Waals surface area contributed by atoms with Crippen LogP contribution in [0.4, 0.5) is 5.69 Å². The fourth-order valence-electron chi connectivity index (χ4n) is 2.40. The number of benzene rings is 1. The van der Waals surface area contributed by atoms with Gasteiger partial charge in [0.1, 0.15) is 0 Å². The first kappa shape index (κ1) is 15.5. The molecule has 1 aromatic rings. The van der Waals surface area contributed by atoms with Gasteiger partial charge in [-0.2, -0.15) is 0 Å². The second-order valence-corrected chi connectivity index (χ2v) is 5.33. The van der Waals surface area contributed by atoms with Crippen LogP contribution in [-0.2, 0) is 4.79 Å². The largest absolute Gasteiger partial charge is 0.366 e. The average molecular weight is 290 g/mol. The topological polar surface area (TPSA) is 87.5 Å². The quantitative estimate of drug-likeness (QED) is 0.733. The zero-order valence-corrected chi connectivity index (χ0v) is 12.3. The molecule has 2 rings (SSSR count). The second kappa shape index (κ2) is 7.19. The van der Waals surface area contributed by atoms with E-state index in [1.165, 1.54) is 0 Å². The van der Waals surface area contributed by atoms with Crippen LogP contribution in [0.1, 0.15) is 23.7 Å². The Hall–Kier alpha value is -1.92. The Morgan fingerprint density at radius 3 is 2.71 bits per heavy atom. The maximum Gasteiger partial charge on any atom is 0.248 e. The summed E-state index contributed by atoms with van der Waals surface area (Å²) < 4.78 is 0. The molecule has 0 aromatic heterocycles. The van der Waals surface area contributed by atoms with E-state index in [9.17, 15) is 9.59 Å². The molecule has 6 heteroatoms. The van der Waals surface area contributed by atoms with E-state index in [2.05, 4.69) is 22.5 Å². The molecule has 0 unspecified atom stereocenters. The summed E-state index contributed by atoms with van der Waals surface area (Å²) >= 11 is 0. The van der Waals surface area contributed by atoms with Crippen molar-refractivity contribution in [3.8, 4) is 0 Å². The Bertz CT molecular complexity index is 501. The van der Waals surface area contributed by atoms with Crippen molar-refractivity contribution >= 4 is 17.5 Å². The van der Waals surface area contributed by atoms with Crippen LogP contribution in [0.5, 0.6) is 0 Å². The van der Waals surface area contributed by atoms with Crippen LogP contribution in [0.2, 0.25) is 0 Å². The Morgan fingerprint density at radius 2 is 2.10 bits per heavy atom. The normalized spacial score (nSPS) is 19.2. The highest BCUT2D eigenvalue weighted by molar-refractivity contribution is 5.94. The Morgan fingerprint density at radius 1 is 1.38 bits per heavy atom.